The molecule has 1 aromatic carbocycles. The third-order valence-electron chi connectivity index (χ3n) is 2.25. The summed E-state index contributed by atoms with van der Waals surface area (Å²) in [6.45, 7) is 1.94. The minimum atomic E-state index is -0.996. The normalized spacial score (nSPS) is 19.0. The summed E-state index contributed by atoms with van der Waals surface area (Å²) in [7, 11) is 0. The largest absolute Gasteiger partial charge is 0.325 e. The van der Waals surface area contributed by atoms with E-state index < -0.39 is 22.3 Å². The summed E-state index contributed by atoms with van der Waals surface area (Å²) in [5, 5.41) is 3.17. The van der Waals surface area contributed by atoms with Gasteiger partial charge in [0.2, 0.25) is 5.91 Å². The fraction of sp³-hybridized carbons (Fsp3) is 0.182. The fourth-order valence-corrected chi connectivity index (χ4v) is 2.08. The third kappa shape index (κ3) is 2.65. The molecule has 1 aliphatic rings. The van der Waals surface area contributed by atoms with Gasteiger partial charge < -0.3 is 5.32 Å². The molecule has 0 radical (unpaired) electrons. The van der Waals surface area contributed by atoms with Gasteiger partial charge in [-0.15, -0.1) is 0 Å². The number of rotatable bonds is 2. The molecule has 1 aromatic rings. The van der Waals surface area contributed by atoms with Crippen molar-refractivity contribution in [1.82, 2.24) is 5.32 Å². The Morgan fingerprint density at radius 1 is 1.29 bits per heavy atom. The van der Waals surface area contributed by atoms with Gasteiger partial charge in [-0.3, -0.25) is 19.7 Å². The Hall–Kier alpha value is -1.82. The number of hydrogen-bond donors (Lipinski definition) is 2. The fourth-order valence-electron chi connectivity index (χ4n) is 1.37. The highest BCUT2D eigenvalue weighted by Gasteiger charge is 2.37. The van der Waals surface area contributed by atoms with E-state index in [-0.39, 0.29) is 0 Å². The molecule has 1 unspecified atom stereocenters. The molecule has 1 saturated heterocycles. The minimum absolute atomic E-state index is 0.484. The van der Waals surface area contributed by atoms with Crippen molar-refractivity contribution >= 4 is 34.5 Å². The van der Waals surface area contributed by atoms with E-state index in [1.807, 2.05) is 19.1 Å². The first-order valence-electron chi connectivity index (χ1n) is 4.95. The van der Waals surface area contributed by atoms with Crippen molar-refractivity contribution in [2.24, 2.45) is 0 Å². The van der Waals surface area contributed by atoms with Gasteiger partial charge in [0.25, 0.3) is 11.1 Å². The molecule has 6 heteroatoms. The molecule has 0 aromatic heterocycles. The van der Waals surface area contributed by atoms with Crippen molar-refractivity contribution in [3.05, 3.63) is 29.8 Å². The second-order valence-corrected chi connectivity index (χ2v) is 4.71. The number of benzene rings is 1. The number of carbonyl (C=O) groups is 3. The van der Waals surface area contributed by atoms with Crippen LogP contribution in [0.3, 0.4) is 0 Å². The van der Waals surface area contributed by atoms with Crippen molar-refractivity contribution in [2.45, 2.75) is 12.2 Å². The number of nitrogens with one attached hydrogen (secondary N) is 2. The zero-order chi connectivity index (χ0) is 12.4. The second kappa shape index (κ2) is 4.58. The predicted molar refractivity (Wildman–Crippen MR) is 64.7 cm³/mol. The van der Waals surface area contributed by atoms with Crippen LogP contribution in [0.25, 0.3) is 0 Å². The van der Waals surface area contributed by atoms with Crippen molar-refractivity contribution in [3.63, 3.8) is 0 Å². The molecule has 5 nitrogen and oxygen atoms in total. The molecular weight excluding hydrogens is 240 g/mol. The first kappa shape index (κ1) is 11.7. The summed E-state index contributed by atoms with van der Waals surface area (Å²) >= 11 is 0.693. The molecule has 0 saturated carbocycles. The van der Waals surface area contributed by atoms with E-state index in [4.69, 9.17) is 0 Å². The number of carbonyl (C=O) groups excluding carboxylic acids is 3. The highest BCUT2D eigenvalue weighted by atomic mass is 32.2. The summed E-state index contributed by atoms with van der Waals surface area (Å²) in [4.78, 5) is 33.9. The summed E-state index contributed by atoms with van der Waals surface area (Å²) in [6.07, 6.45) is 0. The van der Waals surface area contributed by atoms with Crippen LogP contribution in [0.2, 0.25) is 0 Å². The lowest BCUT2D eigenvalue weighted by atomic mass is 10.2. The van der Waals surface area contributed by atoms with E-state index in [2.05, 4.69) is 10.6 Å². The van der Waals surface area contributed by atoms with Crippen LogP contribution in [0, 0.1) is 6.92 Å². The number of anilines is 1. The van der Waals surface area contributed by atoms with E-state index in [0.717, 1.165) is 5.56 Å². The molecule has 2 rings (SSSR count). The van der Waals surface area contributed by atoms with E-state index in [1.54, 1.807) is 12.1 Å². The number of thioether (sulfide) groups is 1. The molecule has 88 valence electrons. The molecular formula is C11H10N2O3S. The van der Waals surface area contributed by atoms with E-state index in [0.29, 0.717) is 17.4 Å². The number of aryl methyl sites for hydroxylation is 1. The lowest BCUT2D eigenvalue weighted by Crippen LogP contribution is -2.33. The van der Waals surface area contributed by atoms with Gasteiger partial charge in [-0.2, -0.15) is 0 Å². The van der Waals surface area contributed by atoms with Crippen molar-refractivity contribution in [1.29, 1.82) is 0 Å². The standard InChI is InChI=1S/C11H10N2O3S/c1-6-2-4-7(5-3-6)12-9(14)8-10(15)13-11(16)17-8/h2-5,8H,1H3,(H,12,14)(H,13,15,16). The zero-order valence-corrected chi connectivity index (χ0v) is 9.84. The summed E-state index contributed by atoms with van der Waals surface area (Å²) in [5.41, 5.74) is 1.68. The van der Waals surface area contributed by atoms with E-state index >= 15 is 0 Å². The molecule has 0 bridgehead atoms. The molecule has 0 aliphatic carbocycles. The Morgan fingerprint density at radius 2 is 1.94 bits per heavy atom. The van der Waals surface area contributed by atoms with Crippen LogP contribution in [0.1, 0.15) is 5.56 Å². The van der Waals surface area contributed by atoms with Gasteiger partial charge in [0, 0.05) is 5.69 Å². The average Bonchev–Trinajstić information content (AvgIpc) is 2.61. The Morgan fingerprint density at radius 3 is 2.47 bits per heavy atom. The first-order chi connectivity index (χ1) is 8.06. The maximum absolute atomic E-state index is 11.7. The number of amides is 3. The van der Waals surface area contributed by atoms with Gasteiger partial charge in [-0.1, -0.05) is 17.7 Å². The maximum atomic E-state index is 11.7. The Balaban J connectivity index is 2.04. The van der Waals surface area contributed by atoms with Gasteiger partial charge in [0.1, 0.15) is 0 Å². The molecule has 1 aliphatic heterocycles. The molecule has 0 spiro atoms. The quantitative estimate of drug-likeness (QED) is 0.775. The van der Waals surface area contributed by atoms with E-state index in [9.17, 15) is 14.4 Å². The Labute approximate surface area is 102 Å². The molecule has 1 fully saturated rings. The van der Waals surface area contributed by atoms with Crippen LogP contribution < -0.4 is 10.6 Å². The smallest absolute Gasteiger partial charge is 0.286 e. The lowest BCUT2D eigenvalue weighted by molar-refractivity contribution is -0.124. The van der Waals surface area contributed by atoms with E-state index in [1.165, 1.54) is 0 Å². The van der Waals surface area contributed by atoms with Crippen molar-refractivity contribution in [3.8, 4) is 0 Å². The van der Waals surface area contributed by atoms with Gasteiger partial charge >= 0.3 is 0 Å². The predicted octanol–water partition coefficient (Wildman–Crippen LogP) is 1.29. The molecule has 17 heavy (non-hydrogen) atoms. The molecule has 2 N–H and O–H groups in total. The van der Waals surface area contributed by atoms with Crippen LogP contribution >= 0.6 is 11.8 Å². The zero-order valence-electron chi connectivity index (χ0n) is 9.02. The summed E-state index contributed by atoms with van der Waals surface area (Å²) < 4.78 is 0. The van der Waals surface area contributed by atoms with Crippen LogP contribution in [0.4, 0.5) is 10.5 Å². The first-order valence-corrected chi connectivity index (χ1v) is 5.83. The molecule has 3 amide bonds. The Bertz CT molecular complexity index is 484. The summed E-state index contributed by atoms with van der Waals surface area (Å²) in [6, 6.07) is 7.18. The Kier molecular flexibility index (Phi) is 3.14. The van der Waals surface area contributed by atoms with Gasteiger partial charge in [-0.25, -0.2) is 0 Å². The summed E-state index contributed by atoms with van der Waals surface area (Å²) in [5.74, 6) is -1.05. The van der Waals surface area contributed by atoms with Gasteiger partial charge in [0.05, 0.1) is 0 Å². The topological polar surface area (TPSA) is 75.3 Å². The number of hydrogen-bond acceptors (Lipinski definition) is 4. The molecule has 1 heterocycles. The third-order valence-corrected chi connectivity index (χ3v) is 3.23. The second-order valence-electron chi connectivity index (χ2n) is 3.63. The number of imide groups is 1. The lowest BCUT2D eigenvalue weighted by Gasteiger charge is -2.07. The van der Waals surface area contributed by atoms with Crippen molar-refractivity contribution in [2.75, 3.05) is 5.32 Å². The van der Waals surface area contributed by atoms with Gasteiger partial charge in [-0.05, 0) is 30.8 Å². The maximum Gasteiger partial charge on any atom is 0.286 e. The van der Waals surface area contributed by atoms with Crippen LogP contribution in [-0.2, 0) is 9.59 Å². The minimum Gasteiger partial charge on any atom is -0.325 e. The van der Waals surface area contributed by atoms with Crippen LogP contribution in [0.15, 0.2) is 24.3 Å². The SMILES string of the molecule is Cc1ccc(NC(=O)C2SC(=O)NC2=O)cc1. The highest BCUT2D eigenvalue weighted by molar-refractivity contribution is 8.16. The highest BCUT2D eigenvalue weighted by Crippen LogP contribution is 2.20. The monoisotopic (exact) mass is 250 g/mol. The average molecular weight is 250 g/mol. The van der Waals surface area contributed by atoms with Crippen LogP contribution in [0.5, 0.6) is 0 Å². The molecule has 1 atom stereocenters. The van der Waals surface area contributed by atoms with Gasteiger partial charge in [0.15, 0.2) is 5.25 Å². The van der Waals surface area contributed by atoms with Crippen molar-refractivity contribution < 1.29 is 14.4 Å². The van der Waals surface area contributed by atoms with Crippen LogP contribution in [-0.4, -0.2) is 22.3 Å².